The van der Waals surface area contributed by atoms with Gasteiger partial charge in [0.25, 0.3) is 0 Å². The molecule has 0 aromatic carbocycles. The van der Waals surface area contributed by atoms with Gasteiger partial charge in [-0.15, -0.1) is 16.9 Å². The summed E-state index contributed by atoms with van der Waals surface area (Å²) in [6, 6.07) is 1.98. The second-order valence-corrected chi connectivity index (χ2v) is 10.3. The summed E-state index contributed by atoms with van der Waals surface area (Å²) in [7, 11) is 0.00793. The van der Waals surface area contributed by atoms with Gasteiger partial charge in [0.15, 0.2) is 0 Å². The molecule has 0 radical (unpaired) electrons. The van der Waals surface area contributed by atoms with Gasteiger partial charge in [-0.1, -0.05) is 25.6 Å². The Morgan fingerprint density at radius 1 is 1.47 bits per heavy atom. The highest BCUT2D eigenvalue weighted by Gasteiger charge is 2.08. The molecule has 0 saturated carbocycles. The van der Waals surface area contributed by atoms with Crippen LogP contribution >= 0.6 is 11.3 Å². The zero-order valence-corrected chi connectivity index (χ0v) is 12.4. The number of carbonyl (C=O) groups excluding carboxylic acids is 1. The molecule has 0 atom stereocenters. The summed E-state index contributed by atoms with van der Waals surface area (Å²) >= 11 is 1.57. The molecule has 4 heteroatoms. The minimum Gasteiger partial charge on any atom is -0.466 e. The highest BCUT2D eigenvalue weighted by Crippen LogP contribution is 2.17. The average Bonchev–Trinajstić information content (AvgIpc) is 2.69. The fourth-order valence-electron chi connectivity index (χ4n) is 1.02. The molecular weight excluding hydrogens is 248 g/mol. The van der Waals surface area contributed by atoms with Crippen LogP contribution < -0.4 is 0 Å². The van der Waals surface area contributed by atoms with Crippen molar-refractivity contribution in [1.82, 2.24) is 0 Å². The molecule has 1 rings (SSSR count). The van der Waals surface area contributed by atoms with E-state index in [-0.39, 0.29) is 5.97 Å². The molecule has 1 aromatic heterocycles. The summed E-state index contributed by atoms with van der Waals surface area (Å²) in [5.41, 5.74) is 4.30. The number of ether oxygens (including phenoxy) is 1. The number of hydrogen-bond donors (Lipinski definition) is 0. The Morgan fingerprint density at radius 3 is 2.76 bits per heavy atom. The van der Waals surface area contributed by atoms with Crippen LogP contribution in [-0.2, 0) is 9.53 Å². The molecule has 0 N–H and O–H groups in total. The van der Waals surface area contributed by atoms with Gasteiger partial charge in [-0.2, -0.15) is 0 Å². The molecule has 0 fully saturated rings. The van der Waals surface area contributed by atoms with Crippen LogP contribution in [0.15, 0.2) is 17.5 Å². The minimum atomic E-state index is -1.36. The van der Waals surface area contributed by atoms with E-state index in [1.807, 2.05) is 11.4 Å². The van der Waals surface area contributed by atoms with Crippen LogP contribution in [0.4, 0.5) is 0 Å². The van der Waals surface area contributed by atoms with E-state index in [2.05, 4.69) is 35.8 Å². The van der Waals surface area contributed by atoms with Gasteiger partial charge in [0.05, 0.1) is 7.11 Å². The van der Waals surface area contributed by atoms with Crippen molar-refractivity contribution in [2.24, 2.45) is 0 Å². The van der Waals surface area contributed by atoms with E-state index < -0.39 is 8.07 Å². The van der Waals surface area contributed by atoms with Gasteiger partial charge >= 0.3 is 5.97 Å². The van der Waals surface area contributed by atoms with E-state index in [4.69, 9.17) is 0 Å². The molecule has 0 bridgehead atoms. The van der Waals surface area contributed by atoms with Crippen molar-refractivity contribution in [1.29, 1.82) is 0 Å². The van der Waals surface area contributed by atoms with Gasteiger partial charge in [0, 0.05) is 16.5 Å². The number of rotatable bonds is 2. The highest BCUT2D eigenvalue weighted by atomic mass is 32.1. The molecule has 2 nitrogen and oxygen atoms in total. The molecule has 0 saturated heterocycles. The monoisotopic (exact) mass is 264 g/mol. The first-order valence-electron chi connectivity index (χ1n) is 5.29. The maximum absolute atomic E-state index is 11.0. The Bertz CT molecular complexity index is 483. The number of carbonyl (C=O) groups is 1. The van der Waals surface area contributed by atoms with Crippen molar-refractivity contribution < 1.29 is 9.53 Å². The lowest BCUT2D eigenvalue weighted by Crippen LogP contribution is -2.16. The second kappa shape index (κ2) is 5.85. The maximum Gasteiger partial charge on any atom is 0.330 e. The van der Waals surface area contributed by atoms with Crippen molar-refractivity contribution in [2.45, 2.75) is 19.6 Å². The average molecular weight is 264 g/mol. The first kappa shape index (κ1) is 13.8. The third-order valence-electron chi connectivity index (χ3n) is 1.84. The Kier molecular flexibility index (Phi) is 4.73. The lowest BCUT2D eigenvalue weighted by atomic mass is 10.2. The van der Waals surface area contributed by atoms with Gasteiger partial charge in [0.2, 0.25) is 0 Å². The number of hydrogen-bond acceptors (Lipinski definition) is 3. The molecule has 0 aliphatic carbocycles. The van der Waals surface area contributed by atoms with Crippen LogP contribution in [0.5, 0.6) is 0 Å². The summed E-state index contributed by atoms with van der Waals surface area (Å²) in [5.74, 6) is 2.85. The SMILES string of the molecule is COC(=O)/C=C/c1sccc1C#C[Si](C)(C)C. The zero-order valence-electron chi connectivity index (χ0n) is 10.5. The van der Waals surface area contributed by atoms with E-state index in [0.717, 1.165) is 10.4 Å². The second-order valence-electron chi connectivity index (χ2n) is 4.56. The van der Waals surface area contributed by atoms with E-state index in [0.29, 0.717) is 0 Å². The van der Waals surface area contributed by atoms with Gasteiger partial charge in [0.1, 0.15) is 8.07 Å². The first-order valence-corrected chi connectivity index (χ1v) is 9.67. The van der Waals surface area contributed by atoms with Crippen LogP contribution in [0.3, 0.4) is 0 Å². The molecule has 0 aliphatic rings. The molecule has 0 aliphatic heterocycles. The Hall–Kier alpha value is -1.31. The van der Waals surface area contributed by atoms with Gasteiger partial charge in [-0.05, 0) is 17.5 Å². The van der Waals surface area contributed by atoms with Crippen LogP contribution in [0.2, 0.25) is 19.6 Å². The normalized spacial score (nSPS) is 11.1. The number of esters is 1. The quantitative estimate of drug-likeness (QED) is 0.355. The molecule has 17 heavy (non-hydrogen) atoms. The highest BCUT2D eigenvalue weighted by molar-refractivity contribution is 7.11. The number of methoxy groups -OCH3 is 1. The van der Waals surface area contributed by atoms with Crippen molar-refractivity contribution >= 4 is 31.5 Å². The largest absolute Gasteiger partial charge is 0.466 e. The smallest absolute Gasteiger partial charge is 0.330 e. The lowest BCUT2D eigenvalue weighted by molar-refractivity contribution is -0.134. The fourth-order valence-corrected chi connectivity index (χ4v) is 2.27. The number of thiophene rings is 1. The molecule has 1 heterocycles. The zero-order chi connectivity index (χ0) is 12.9. The molecule has 1 aromatic rings. The predicted molar refractivity (Wildman–Crippen MR) is 75.6 cm³/mol. The summed E-state index contributed by atoms with van der Waals surface area (Å²) in [5, 5.41) is 1.98. The standard InChI is InChI=1S/C13H16O2SSi/c1-15-13(14)6-5-12-11(7-9-16-12)8-10-17(2,3)4/h5-7,9H,1-4H3/b6-5+. The van der Waals surface area contributed by atoms with Gasteiger partial charge in [-0.25, -0.2) is 4.79 Å². The van der Waals surface area contributed by atoms with Crippen LogP contribution in [0, 0.1) is 11.5 Å². The van der Waals surface area contributed by atoms with Crippen LogP contribution in [0.1, 0.15) is 10.4 Å². The summed E-state index contributed by atoms with van der Waals surface area (Å²) < 4.78 is 4.55. The fraction of sp³-hybridized carbons (Fsp3) is 0.308. The Balaban J connectivity index is 2.90. The van der Waals surface area contributed by atoms with Crippen molar-refractivity contribution in [3.05, 3.63) is 28.0 Å². The lowest BCUT2D eigenvalue weighted by Gasteiger charge is -2.03. The van der Waals surface area contributed by atoms with Crippen molar-refractivity contribution in [3.63, 3.8) is 0 Å². The Morgan fingerprint density at radius 2 is 2.18 bits per heavy atom. The van der Waals surface area contributed by atoms with E-state index in [9.17, 15) is 4.79 Å². The van der Waals surface area contributed by atoms with E-state index in [1.165, 1.54) is 13.2 Å². The summed E-state index contributed by atoms with van der Waals surface area (Å²) in [6.45, 7) is 6.61. The van der Waals surface area contributed by atoms with E-state index >= 15 is 0 Å². The van der Waals surface area contributed by atoms with Gasteiger partial charge in [-0.3, -0.25) is 0 Å². The van der Waals surface area contributed by atoms with Crippen LogP contribution in [-0.4, -0.2) is 21.2 Å². The maximum atomic E-state index is 11.0. The molecule has 0 unspecified atom stereocenters. The Labute approximate surface area is 107 Å². The molecular formula is C13H16O2SSi. The topological polar surface area (TPSA) is 26.3 Å². The van der Waals surface area contributed by atoms with Crippen LogP contribution in [0.25, 0.3) is 6.08 Å². The third-order valence-corrected chi connectivity index (χ3v) is 3.60. The summed E-state index contributed by atoms with van der Waals surface area (Å²) in [6.07, 6.45) is 3.18. The van der Waals surface area contributed by atoms with Crippen molar-refractivity contribution in [2.75, 3.05) is 7.11 Å². The third kappa shape index (κ3) is 5.03. The van der Waals surface area contributed by atoms with E-state index in [1.54, 1.807) is 17.4 Å². The molecule has 90 valence electrons. The predicted octanol–water partition coefficient (Wildman–Crippen LogP) is 3.16. The van der Waals surface area contributed by atoms with Crippen molar-refractivity contribution in [3.8, 4) is 11.5 Å². The summed E-state index contributed by atoms with van der Waals surface area (Å²) in [4.78, 5) is 12.0. The molecule has 0 spiro atoms. The minimum absolute atomic E-state index is 0.345. The van der Waals surface area contributed by atoms with Gasteiger partial charge < -0.3 is 4.74 Å². The first-order chi connectivity index (χ1) is 7.92. The molecule has 0 amide bonds.